The lowest BCUT2D eigenvalue weighted by Gasteiger charge is -2.21. The average molecular weight is 341 g/mol. The van der Waals surface area contributed by atoms with Crippen LogP contribution in [0.3, 0.4) is 0 Å². The van der Waals surface area contributed by atoms with Gasteiger partial charge in [-0.25, -0.2) is 0 Å². The third-order valence-electron chi connectivity index (χ3n) is 4.00. The number of carbonyl (C=O) groups excluding carboxylic acids is 2. The lowest BCUT2D eigenvalue weighted by Crippen LogP contribution is -2.36. The van der Waals surface area contributed by atoms with Crippen molar-refractivity contribution in [2.24, 2.45) is 0 Å². The molecule has 0 spiro atoms. The topological polar surface area (TPSA) is 55.8 Å². The van der Waals surface area contributed by atoms with Crippen LogP contribution in [0.5, 0.6) is 11.5 Å². The normalized spacial score (nSPS) is 10.2. The minimum absolute atomic E-state index is 0.327. The summed E-state index contributed by atoms with van der Waals surface area (Å²) in [5.41, 5.74) is 2.31. The Morgan fingerprint density at radius 2 is 1.60 bits per heavy atom. The highest BCUT2D eigenvalue weighted by atomic mass is 16.5. The molecule has 0 radical (unpaired) electrons. The summed E-state index contributed by atoms with van der Waals surface area (Å²) in [5, 5.41) is 0. The van der Waals surface area contributed by atoms with E-state index in [9.17, 15) is 9.59 Å². The van der Waals surface area contributed by atoms with E-state index in [0.29, 0.717) is 30.2 Å². The second-order valence-corrected chi connectivity index (χ2v) is 5.70. The molecule has 5 nitrogen and oxygen atoms in total. The van der Waals surface area contributed by atoms with E-state index in [0.717, 1.165) is 11.1 Å². The number of likely N-dealkylation sites (N-methyl/N-ethyl adjacent to an activating group) is 1. The molecule has 2 aromatic carbocycles. The summed E-state index contributed by atoms with van der Waals surface area (Å²) in [5.74, 6) is 0.202. The van der Waals surface area contributed by atoms with Crippen molar-refractivity contribution in [3.8, 4) is 11.5 Å². The number of Topliss-reactive ketones (excluding diaryl/α,β-unsaturated/α-hetero) is 1. The van der Waals surface area contributed by atoms with Crippen molar-refractivity contribution in [1.29, 1.82) is 0 Å². The lowest BCUT2D eigenvalue weighted by atomic mass is 10.1. The molecule has 132 valence electrons. The zero-order valence-corrected chi connectivity index (χ0v) is 15.0. The molecule has 0 aliphatic rings. The Labute approximate surface area is 148 Å². The maximum absolute atomic E-state index is 12.6. The molecule has 0 aliphatic carbocycles. The first kappa shape index (κ1) is 18.5. The Morgan fingerprint density at radius 1 is 0.960 bits per heavy atom. The highest BCUT2D eigenvalue weighted by molar-refractivity contribution is 6.42. The van der Waals surface area contributed by atoms with Gasteiger partial charge in [0.05, 0.1) is 14.2 Å². The molecule has 2 rings (SSSR count). The first-order chi connectivity index (χ1) is 12.0. The summed E-state index contributed by atoms with van der Waals surface area (Å²) in [6, 6.07) is 12.5. The quantitative estimate of drug-likeness (QED) is 0.573. The molecule has 1 amide bonds. The maximum atomic E-state index is 12.6. The first-order valence-corrected chi connectivity index (χ1v) is 8.11. The molecule has 0 heterocycles. The molecule has 0 aromatic heterocycles. The summed E-state index contributed by atoms with van der Waals surface area (Å²) in [7, 11) is 3.13. The van der Waals surface area contributed by atoms with Gasteiger partial charge in [-0.15, -0.1) is 0 Å². The zero-order chi connectivity index (χ0) is 18.4. The van der Waals surface area contributed by atoms with Crippen molar-refractivity contribution < 1.29 is 19.1 Å². The number of hydrogen-bond donors (Lipinski definition) is 0. The van der Waals surface area contributed by atoms with Gasteiger partial charge >= 0.3 is 0 Å². The molecule has 0 N–H and O–H groups in total. The number of hydrogen-bond acceptors (Lipinski definition) is 4. The van der Waals surface area contributed by atoms with E-state index in [-0.39, 0.29) is 0 Å². The van der Waals surface area contributed by atoms with Crippen molar-refractivity contribution in [2.75, 3.05) is 20.8 Å². The van der Waals surface area contributed by atoms with Crippen molar-refractivity contribution in [2.45, 2.75) is 20.4 Å². The van der Waals surface area contributed by atoms with Crippen LogP contribution < -0.4 is 9.47 Å². The Kier molecular flexibility index (Phi) is 6.17. The molecule has 0 unspecified atom stereocenters. The molecule has 0 atom stereocenters. The molecule has 2 aromatic rings. The van der Waals surface area contributed by atoms with E-state index < -0.39 is 11.7 Å². The van der Waals surface area contributed by atoms with Crippen LogP contribution in [0, 0.1) is 6.92 Å². The maximum Gasteiger partial charge on any atom is 0.295 e. The minimum atomic E-state index is -0.513. The van der Waals surface area contributed by atoms with Gasteiger partial charge in [-0.2, -0.15) is 0 Å². The number of ether oxygens (including phenoxy) is 2. The first-order valence-electron chi connectivity index (χ1n) is 8.11. The Bertz CT molecular complexity index is 753. The highest BCUT2D eigenvalue weighted by Crippen LogP contribution is 2.28. The summed E-state index contributed by atoms with van der Waals surface area (Å²) in [6.07, 6.45) is 0. The van der Waals surface area contributed by atoms with Gasteiger partial charge in [0.1, 0.15) is 0 Å². The predicted octanol–water partition coefficient (Wildman–Crippen LogP) is 3.24. The minimum Gasteiger partial charge on any atom is -0.493 e. The predicted molar refractivity (Wildman–Crippen MR) is 96.1 cm³/mol. The molecule has 5 heteroatoms. The number of benzene rings is 2. The van der Waals surface area contributed by atoms with Gasteiger partial charge in [0, 0.05) is 18.7 Å². The number of methoxy groups -OCH3 is 2. The number of ketones is 1. The van der Waals surface area contributed by atoms with Crippen molar-refractivity contribution >= 4 is 11.7 Å². The van der Waals surface area contributed by atoms with E-state index in [2.05, 4.69) is 0 Å². The van der Waals surface area contributed by atoms with E-state index in [1.165, 1.54) is 4.90 Å². The molecule has 0 saturated heterocycles. The van der Waals surface area contributed by atoms with Crippen LogP contribution in [-0.4, -0.2) is 37.4 Å². The van der Waals surface area contributed by atoms with Gasteiger partial charge in [-0.05, 0) is 31.5 Å². The van der Waals surface area contributed by atoms with Crippen LogP contribution in [0.15, 0.2) is 42.5 Å². The molecule has 0 saturated carbocycles. The van der Waals surface area contributed by atoms with Crippen LogP contribution in [0.4, 0.5) is 0 Å². The van der Waals surface area contributed by atoms with Crippen molar-refractivity contribution in [3.05, 3.63) is 59.2 Å². The van der Waals surface area contributed by atoms with Gasteiger partial charge in [0.2, 0.25) is 5.78 Å². The monoisotopic (exact) mass is 341 g/mol. The molecule has 0 aliphatic heterocycles. The number of carbonyl (C=O) groups is 2. The van der Waals surface area contributed by atoms with Crippen molar-refractivity contribution in [3.63, 3.8) is 0 Å². The van der Waals surface area contributed by atoms with Gasteiger partial charge in [-0.3, -0.25) is 9.59 Å². The molecular weight excluding hydrogens is 318 g/mol. The SMILES string of the molecule is CCN(Cc1ccc(OC)c(OC)c1)C(=O)C(=O)c1ccc(C)cc1. The smallest absolute Gasteiger partial charge is 0.295 e. The molecule has 0 fully saturated rings. The third-order valence-corrected chi connectivity index (χ3v) is 4.00. The summed E-state index contributed by atoms with van der Waals surface area (Å²) < 4.78 is 10.5. The molecular formula is C20H23NO4. The van der Waals surface area contributed by atoms with Gasteiger partial charge in [-0.1, -0.05) is 35.9 Å². The largest absolute Gasteiger partial charge is 0.493 e. The van der Waals surface area contributed by atoms with Gasteiger partial charge in [0.15, 0.2) is 11.5 Å². The standard InChI is InChI=1S/C20H23NO4/c1-5-21(13-15-8-11-17(24-3)18(12-15)25-4)20(23)19(22)16-9-6-14(2)7-10-16/h6-12H,5,13H2,1-4H3. The van der Waals surface area contributed by atoms with Crippen LogP contribution >= 0.6 is 0 Å². The lowest BCUT2D eigenvalue weighted by molar-refractivity contribution is -0.126. The van der Waals surface area contributed by atoms with Crippen molar-refractivity contribution in [1.82, 2.24) is 4.90 Å². The van der Waals surface area contributed by atoms with E-state index in [4.69, 9.17) is 9.47 Å². The highest BCUT2D eigenvalue weighted by Gasteiger charge is 2.22. The summed E-state index contributed by atoms with van der Waals surface area (Å²) in [6.45, 7) is 4.55. The average Bonchev–Trinajstić information content (AvgIpc) is 2.65. The molecule has 25 heavy (non-hydrogen) atoms. The fourth-order valence-electron chi connectivity index (χ4n) is 2.50. The van der Waals surface area contributed by atoms with Crippen LogP contribution in [0.1, 0.15) is 28.4 Å². The van der Waals surface area contributed by atoms with Crippen LogP contribution in [-0.2, 0) is 11.3 Å². The number of nitrogens with zero attached hydrogens (tertiary/aromatic N) is 1. The van der Waals surface area contributed by atoms with E-state index in [1.807, 2.05) is 38.1 Å². The Hall–Kier alpha value is -2.82. The van der Waals surface area contributed by atoms with E-state index >= 15 is 0 Å². The second kappa shape index (κ2) is 8.33. The summed E-state index contributed by atoms with van der Waals surface area (Å²) in [4.78, 5) is 26.5. The van der Waals surface area contributed by atoms with Crippen LogP contribution in [0.2, 0.25) is 0 Å². The zero-order valence-electron chi connectivity index (χ0n) is 15.0. The number of amides is 1. The Morgan fingerprint density at radius 3 is 2.16 bits per heavy atom. The number of rotatable bonds is 7. The fraction of sp³-hybridized carbons (Fsp3) is 0.300. The van der Waals surface area contributed by atoms with E-state index in [1.54, 1.807) is 32.4 Å². The second-order valence-electron chi connectivity index (χ2n) is 5.70. The number of aryl methyl sites for hydroxylation is 1. The van der Waals surface area contributed by atoms with Gasteiger partial charge in [0.25, 0.3) is 5.91 Å². The molecule has 0 bridgehead atoms. The Balaban J connectivity index is 2.17. The van der Waals surface area contributed by atoms with Crippen LogP contribution in [0.25, 0.3) is 0 Å². The fourth-order valence-corrected chi connectivity index (χ4v) is 2.50. The van der Waals surface area contributed by atoms with Gasteiger partial charge < -0.3 is 14.4 Å². The summed E-state index contributed by atoms with van der Waals surface area (Å²) >= 11 is 0. The third kappa shape index (κ3) is 4.38.